The number of hydrogen-bond acceptors (Lipinski definition) is 3. The second kappa shape index (κ2) is 7.90. The zero-order valence-corrected chi connectivity index (χ0v) is 13.8. The smallest absolute Gasteiger partial charge is 0.239 e. The van der Waals surface area contributed by atoms with E-state index < -0.39 is 17.8 Å². The Morgan fingerprint density at radius 1 is 1.33 bits per heavy atom. The van der Waals surface area contributed by atoms with Crippen molar-refractivity contribution in [1.82, 2.24) is 15.5 Å². The van der Waals surface area contributed by atoms with Gasteiger partial charge in [0.15, 0.2) is 0 Å². The summed E-state index contributed by atoms with van der Waals surface area (Å²) in [6.07, 6.45) is 0.560. The fraction of sp³-hybridized carbons (Fsp3) is 0.471. The van der Waals surface area contributed by atoms with Crippen molar-refractivity contribution in [2.75, 3.05) is 20.1 Å². The van der Waals surface area contributed by atoms with E-state index in [0.29, 0.717) is 18.5 Å². The number of likely N-dealkylation sites (N-methyl/N-ethyl adjacent to an activating group) is 1. The standard InChI is InChI=1S/C17H22FN3O3/c1-3-21-15(23)9-8-12(17(24)20-10-14(22)19-2)16(21)11-6-4-5-7-13(11)18/h4-7,12,16H,3,8-10H2,1-2H3,(H,19,22)(H,20,24)/t12-,16+/m1/s1. The zero-order chi connectivity index (χ0) is 17.7. The summed E-state index contributed by atoms with van der Waals surface area (Å²) in [4.78, 5) is 37.6. The Balaban J connectivity index is 2.30. The summed E-state index contributed by atoms with van der Waals surface area (Å²) in [7, 11) is 1.48. The fourth-order valence-electron chi connectivity index (χ4n) is 3.09. The van der Waals surface area contributed by atoms with E-state index in [-0.39, 0.29) is 30.7 Å². The maximum atomic E-state index is 14.3. The number of halogens is 1. The Bertz CT molecular complexity index is 635. The Kier molecular flexibility index (Phi) is 5.89. The van der Waals surface area contributed by atoms with Crippen molar-refractivity contribution in [3.63, 3.8) is 0 Å². The van der Waals surface area contributed by atoms with Gasteiger partial charge in [-0.25, -0.2) is 4.39 Å². The number of piperidine rings is 1. The highest BCUT2D eigenvalue weighted by molar-refractivity contribution is 5.88. The molecule has 0 spiro atoms. The molecule has 1 aliphatic heterocycles. The van der Waals surface area contributed by atoms with Gasteiger partial charge in [-0.1, -0.05) is 18.2 Å². The van der Waals surface area contributed by atoms with Crippen molar-refractivity contribution >= 4 is 17.7 Å². The molecule has 0 bridgehead atoms. The van der Waals surface area contributed by atoms with E-state index in [0.717, 1.165) is 0 Å². The molecule has 0 unspecified atom stereocenters. The molecule has 2 N–H and O–H groups in total. The van der Waals surface area contributed by atoms with Crippen molar-refractivity contribution in [1.29, 1.82) is 0 Å². The van der Waals surface area contributed by atoms with Crippen LogP contribution in [-0.2, 0) is 14.4 Å². The minimum Gasteiger partial charge on any atom is -0.358 e. The van der Waals surface area contributed by atoms with Crippen LogP contribution in [0.15, 0.2) is 24.3 Å². The average molecular weight is 335 g/mol. The fourth-order valence-corrected chi connectivity index (χ4v) is 3.09. The van der Waals surface area contributed by atoms with Crippen LogP contribution in [0.1, 0.15) is 31.4 Å². The van der Waals surface area contributed by atoms with Gasteiger partial charge >= 0.3 is 0 Å². The normalized spacial score (nSPS) is 20.6. The van der Waals surface area contributed by atoms with Gasteiger partial charge in [0, 0.05) is 25.6 Å². The molecular formula is C17H22FN3O3. The molecule has 3 amide bonds. The molecular weight excluding hydrogens is 313 g/mol. The SMILES string of the molecule is CCN1C(=O)CC[C@@H](C(=O)NCC(=O)NC)[C@@H]1c1ccccc1F. The highest BCUT2D eigenvalue weighted by Gasteiger charge is 2.40. The minimum absolute atomic E-state index is 0.0962. The van der Waals surface area contributed by atoms with Gasteiger partial charge in [0.25, 0.3) is 0 Å². The van der Waals surface area contributed by atoms with Crippen molar-refractivity contribution in [3.8, 4) is 0 Å². The van der Waals surface area contributed by atoms with Crippen LogP contribution in [0, 0.1) is 11.7 Å². The number of carbonyl (C=O) groups excluding carboxylic acids is 3. The van der Waals surface area contributed by atoms with Crippen molar-refractivity contribution < 1.29 is 18.8 Å². The first-order valence-electron chi connectivity index (χ1n) is 8.01. The maximum Gasteiger partial charge on any atom is 0.239 e. The number of amides is 3. The van der Waals surface area contributed by atoms with Gasteiger partial charge in [0.2, 0.25) is 17.7 Å². The minimum atomic E-state index is -0.665. The Hall–Kier alpha value is -2.44. The quantitative estimate of drug-likeness (QED) is 0.842. The molecule has 7 heteroatoms. The average Bonchev–Trinajstić information content (AvgIpc) is 2.59. The van der Waals surface area contributed by atoms with Gasteiger partial charge < -0.3 is 15.5 Å². The van der Waals surface area contributed by atoms with Crippen molar-refractivity contribution in [2.24, 2.45) is 5.92 Å². The molecule has 1 saturated heterocycles. The summed E-state index contributed by atoms with van der Waals surface area (Å²) in [6.45, 7) is 2.05. The maximum absolute atomic E-state index is 14.3. The molecule has 1 aromatic carbocycles. The van der Waals surface area contributed by atoms with E-state index >= 15 is 0 Å². The van der Waals surface area contributed by atoms with Gasteiger partial charge in [-0.05, 0) is 19.4 Å². The largest absolute Gasteiger partial charge is 0.358 e. The van der Waals surface area contributed by atoms with Crippen molar-refractivity contribution in [2.45, 2.75) is 25.8 Å². The first-order chi connectivity index (χ1) is 11.5. The zero-order valence-electron chi connectivity index (χ0n) is 13.8. The van der Waals surface area contributed by atoms with Crippen LogP contribution in [0.25, 0.3) is 0 Å². The number of likely N-dealkylation sites (tertiary alicyclic amines) is 1. The number of nitrogens with one attached hydrogen (secondary N) is 2. The molecule has 24 heavy (non-hydrogen) atoms. The highest BCUT2D eigenvalue weighted by Crippen LogP contribution is 2.37. The number of hydrogen-bond donors (Lipinski definition) is 2. The molecule has 130 valence electrons. The molecule has 1 aromatic rings. The molecule has 2 atom stereocenters. The van der Waals surface area contributed by atoms with Crippen LogP contribution >= 0.6 is 0 Å². The summed E-state index contributed by atoms with van der Waals surface area (Å²) >= 11 is 0. The predicted molar refractivity (Wildman–Crippen MR) is 86.3 cm³/mol. The van der Waals surface area contributed by atoms with Crippen LogP contribution in [-0.4, -0.2) is 42.8 Å². The van der Waals surface area contributed by atoms with Gasteiger partial charge in [0.05, 0.1) is 18.5 Å². The second-order valence-electron chi connectivity index (χ2n) is 5.68. The lowest BCUT2D eigenvalue weighted by molar-refractivity contribution is -0.143. The molecule has 1 aliphatic rings. The van der Waals surface area contributed by atoms with E-state index in [9.17, 15) is 18.8 Å². The Morgan fingerprint density at radius 3 is 2.67 bits per heavy atom. The van der Waals surface area contributed by atoms with Gasteiger partial charge in [-0.15, -0.1) is 0 Å². The summed E-state index contributed by atoms with van der Waals surface area (Å²) in [5, 5.41) is 4.99. The Morgan fingerprint density at radius 2 is 2.04 bits per heavy atom. The molecule has 0 saturated carbocycles. The highest BCUT2D eigenvalue weighted by atomic mass is 19.1. The van der Waals surface area contributed by atoms with Crippen LogP contribution < -0.4 is 10.6 Å². The third kappa shape index (κ3) is 3.72. The molecule has 1 heterocycles. The molecule has 0 radical (unpaired) electrons. The van der Waals surface area contributed by atoms with Gasteiger partial charge in [0.1, 0.15) is 5.82 Å². The molecule has 1 fully saturated rings. The van der Waals surface area contributed by atoms with Gasteiger partial charge in [-0.2, -0.15) is 0 Å². The van der Waals surface area contributed by atoms with Gasteiger partial charge in [-0.3, -0.25) is 14.4 Å². The lowest BCUT2D eigenvalue weighted by Crippen LogP contribution is -2.49. The summed E-state index contributed by atoms with van der Waals surface area (Å²) in [5.41, 5.74) is 0.326. The topological polar surface area (TPSA) is 78.5 Å². The number of carbonyl (C=O) groups is 3. The van der Waals surface area contributed by atoms with Crippen LogP contribution in [0.5, 0.6) is 0 Å². The first-order valence-corrected chi connectivity index (χ1v) is 8.01. The van der Waals surface area contributed by atoms with Crippen LogP contribution in [0.2, 0.25) is 0 Å². The monoisotopic (exact) mass is 335 g/mol. The summed E-state index contributed by atoms with van der Waals surface area (Å²) in [6, 6.07) is 5.51. The molecule has 0 aliphatic carbocycles. The van der Waals surface area contributed by atoms with E-state index in [1.54, 1.807) is 25.1 Å². The third-order valence-electron chi connectivity index (χ3n) is 4.31. The van der Waals surface area contributed by atoms with E-state index in [1.807, 2.05) is 0 Å². The number of benzene rings is 1. The van der Waals surface area contributed by atoms with Crippen molar-refractivity contribution in [3.05, 3.63) is 35.6 Å². The molecule has 2 rings (SSSR count). The number of rotatable bonds is 5. The second-order valence-corrected chi connectivity index (χ2v) is 5.68. The number of nitrogens with zero attached hydrogens (tertiary/aromatic N) is 1. The Labute approximate surface area is 140 Å². The molecule has 6 nitrogen and oxygen atoms in total. The van der Waals surface area contributed by atoms with E-state index in [2.05, 4.69) is 10.6 Å². The first kappa shape index (κ1) is 17.9. The van der Waals surface area contributed by atoms with E-state index in [1.165, 1.54) is 18.0 Å². The molecule has 0 aromatic heterocycles. The third-order valence-corrected chi connectivity index (χ3v) is 4.31. The lowest BCUT2D eigenvalue weighted by atomic mass is 9.83. The van der Waals surface area contributed by atoms with Crippen LogP contribution in [0.4, 0.5) is 4.39 Å². The lowest BCUT2D eigenvalue weighted by Gasteiger charge is -2.40. The summed E-state index contributed by atoms with van der Waals surface area (Å²) in [5.74, 6) is -1.80. The summed E-state index contributed by atoms with van der Waals surface area (Å²) < 4.78 is 14.3. The van der Waals surface area contributed by atoms with Crippen LogP contribution in [0.3, 0.4) is 0 Å². The predicted octanol–water partition coefficient (Wildman–Crippen LogP) is 0.988. The van der Waals surface area contributed by atoms with E-state index in [4.69, 9.17) is 0 Å².